The number of rotatable bonds is 2. The molecule has 0 bridgehead atoms. The van der Waals surface area contributed by atoms with E-state index in [-0.39, 0.29) is 5.82 Å². The lowest BCUT2D eigenvalue weighted by atomic mass is 9.83. The molecule has 1 nitrogen and oxygen atoms in total. The quantitative estimate of drug-likeness (QED) is 0.821. The third-order valence-electron chi connectivity index (χ3n) is 4.53. The Morgan fingerprint density at radius 2 is 1.83 bits per heavy atom. The molecule has 1 unspecified atom stereocenters. The molecule has 1 N–H and O–H groups in total. The first-order valence-electron chi connectivity index (χ1n) is 7.37. The van der Waals surface area contributed by atoms with Gasteiger partial charge in [0.1, 0.15) is 5.82 Å². The molecule has 1 saturated heterocycles. The van der Waals surface area contributed by atoms with Crippen molar-refractivity contribution in [2.75, 3.05) is 6.54 Å². The van der Waals surface area contributed by atoms with Crippen LogP contribution >= 0.6 is 0 Å². The predicted octanol–water partition coefficient (Wildman–Crippen LogP) is 4.30. The maximum absolute atomic E-state index is 14.3. The van der Waals surface area contributed by atoms with Crippen molar-refractivity contribution in [1.82, 2.24) is 5.32 Å². The Morgan fingerprint density at radius 3 is 2.50 bits per heavy atom. The van der Waals surface area contributed by atoms with Gasteiger partial charge in [0.2, 0.25) is 0 Å². The summed E-state index contributed by atoms with van der Waals surface area (Å²) in [6.07, 6.45) is 8.52. The molecular weight excluding hydrogens is 225 g/mol. The van der Waals surface area contributed by atoms with Crippen molar-refractivity contribution < 1.29 is 4.39 Å². The fraction of sp³-hybridized carbons (Fsp3) is 0.625. The average molecular weight is 247 g/mol. The first kappa shape index (κ1) is 12.2. The molecule has 1 heterocycles. The summed E-state index contributed by atoms with van der Waals surface area (Å²) in [5.41, 5.74) is 2.08. The SMILES string of the molecule is Fc1cc(C2CCCN2)ccc1C1CCCCC1. The van der Waals surface area contributed by atoms with Crippen molar-refractivity contribution in [2.24, 2.45) is 0 Å². The zero-order chi connectivity index (χ0) is 12.4. The van der Waals surface area contributed by atoms with Crippen molar-refractivity contribution in [3.8, 4) is 0 Å². The summed E-state index contributed by atoms with van der Waals surface area (Å²) in [7, 11) is 0. The Kier molecular flexibility index (Phi) is 3.64. The van der Waals surface area contributed by atoms with E-state index >= 15 is 0 Å². The molecule has 98 valence electrons. The van der Waals surface area contributed by atoms with Gasteiger partial charge < -0.3 is 5.32 Å². The Balaban J connectivity index is 1.79. The van der Waals surface area contributed by atoms with E-state index < -0.39 is 0 Å². The van der Waals surface area contributed by atoms with Gasteiger partial charge in [-0.05, 0) is 55.3 Å². The van der Waals surface area contributed by atoms with Gasteiger partial charge in [0.15, 0.2) is 0 Å². The summed E-state index contributed by atoms with van der Waals surface area (Å²) in [4.78, 5) is 0. The molecule has 1 aliphatic carbocycles. The van der Waals surface area contributed by atoms with E-state index in [9.17, 15) is 4.39 Å². The van der Waals surface area contributed by atoms with E-state index in [1.807, 2.05) is 6.07 Å². The van der Waals surface area contributed by atoms with Crippen molar-refractivity contribution in [3.05, 3.63) is 35.1 Å². The van der Waals surface area contributed by atoms with Crippen LogP contribution in [0, 0.1) is 5.82 Å². The first-order valence-corrected chi connectivity index (χ1v) is 7.37. The van der Waals surface area contributed by atoms with Crippen LogP contribution in [0.2, 0.25) is 0 Å². The van der Waals surface area contributed by atoms with Gasteiger partial charge in [-0.1, -0.05) is 31.4 Å². The van der Waals surface area contributed by atoms with Crippen molar-refractivity contribution in [2.45, 2.75) is 56.9 Å². The highest BCUT2D eigenvalue weighted by molar-refractivity contribution is 5.29. The van der Waals surface area contributed by atoms with Crippen LogP contribution in [-0.2, 0) is 0 Å². The van der Waals surface area contributed by atoms with Crippen molar-refractivity contribution in [1.29, 1.82) is 0 Å². The number of halogens is 1. The molecule has 1 aromatic carbocycles. The molecule has 1 aliphatic heterocycles. The fourth-order valence-electron chi connectivity index (χ4n) is 3.47. The molecular formula is C16H22FN. The molecule has 0 amide bonds. The van der Waals surface area contributed by atoms with E-state index in [0.29, 0.717) is 12.0 Å². The van der Waals surface area contributed by atoms with E-state index in [0.717, 1.165) is 36.9 Å². The zero-order valence-corrected chi connectivity index (χ0v) is 10.9. The largest absolute Gasteiger partial charge is 0.310 e. The standard InChI is InChI=1S/C16H22FN/c17-15-11-13(16-7-4-10-18-16)8-9-14(15)12-5-2-1-3-6-12/h8-9,11-12,16,18H,1-7,10H2. The second-order valence-corrected chi connectivity index (χ2v) is 5.76. The lowest BCUT2D eigenvalue weighted by Gasteiger charge is -2.23. The van der Waals surface area contributed by atoms with Gasteiger partial charge in [0.05, 0.1) is 0 Å². The summed E-state index contributed by atoms with van der Waals surface area (Å²) < 4.78 is 14.3. The highest BCUT2D eigenvalue weighted by Crippen LogP contribution is 2.35. The molecule has 0 radical (unpaired) electrons. The van der Waals surface area contributed by atoms with Crippen molar-refractivity contribution in [3.63, 3.8) is 0 Å². The smallest absolute Gasteiger partial charge is 0.127 e. The Bertz CT molecular complexity index is 404. The van der Waals surface area contributed by atoms with Gasteiger partial charge in [-0.15, -0.1) is 0 Å². The molecule has 18 heavy (non-hydrogen) atoms. The fourth-order valence-corrected chi connectivity index (χ4v) is 3.47. The van der Waals surface area contributed by atoms with Gasteiger partial charge in [0.25, 0.3) is 0 Å². The molecule has 0 aromatic heterocycles. The second-order valence-electron chi connectivity index (χ2n) is 5.76. The first-order chi connectivity index (χ1) is 8.84. The van der Waals surface area contributed by atoms with Gasteiger partial charge >= 0.3 is 0 Å². The van der Waals surface area contributed by atoms with Crippen LogP contribution < -0.4 is 5.32 Å². The van der Waals surface area contributed by atoms with Crippen LogP contribution in [-0.4, -0.2) is 6.54 Å². The summed E-state index contributed by atoms with van der Waals surface area (Å²) in [6, 6.07) is 6.32. The van der Waals surface area contributed by atoms with Gasteiger partial charge in [-0.25, -0.2) is 4.39 Å². The van der Waals surface area contributed by atoms with Crippen LogP contribution in [0.15, 0.2) is 18.2 Å². The number of benzene rings is 1. The Labute approximate surface area is 109 Å². The molecule has 1 atom stereocenters. The third kappa shape index (κ3) is 2.44. The Morgan fingerprint density at radius 1 is 1.00 bits per heavy atom. The minimum atomic E-state index is 0.0214. The van der Waals surface area contributed by atoms with Crippen LogP contribution in [0.4, 0.5) is 4.39 Å². The average Bonchev–Trinajstić information content (AvgIpc) is 2.93. The van der Waals surface area contributed by atoms with E-state index in [1.165, 1.54) is 25.7 Å². The predicted molar refractivity (Wildman–Crippen MR) is 72.2 cm³/mol. The zero-order valence-electron chi connectivity index (χ0n) is 10.9. The van der Waals surface area contributed by atoms with E-state index in [1.54, 1.807) is 6.07 Å². The second kappa shape index (κ2) is 5.40. The lowest BCUT2D eigenvalue weighted by molar-refractivity contribution is 0.429. The molecule has 1 saturated carbocycles. The normalized spacial score (nSPS) is 25.5. The van der Waals surface area contributed by atoms with Crippen LogP contribution in [0.25, 0.3) is 0 Å². The topological polar surface area (TPSA) is 12.0 Å². The van der Waals surface area contributed by atoms with Gasteiger partial charge in [-0.3, -0.25) is 0 Å². The molecule has 0 spiro atoms. The minimum Gasteiger partial charge on any atom is -0.310 e. The Hall–Kier alpha value is -0.890. The summed E-state index contributed by atoms with van der Waals surface area (Å²) >= 11 is 0. The molecule has 2 aliphatic rings. The van der Waals surface area contributed by atoms with Gasteiger partial charge in [-0.2, -0.15) is 0 Å². The van der Waals surface area contributed by atoms with E-state index in [2.05, 4.69) is 11.4 Å². The van der Waals surface area contributed by atoms with Crippen LogP contribution in [0.3, 0.4) is 0 Å². The maximum atomic E-state index is 14.3. The van der Waals surface area contributed by atoms with E-state index in [4.69, 9.17) is 0 Å². The summed E-state index contributed by atoms with van der Waals surface area (Å²) in [5, 5.41) is 3.43. The highest BCUT2D eigenvalue weighted by atomic mass is 19.1. The maximum Gasteiger partial charge on any atom is 0.127 e. The third-order valence-corrected chi connectivity index (χ3v) is 4.53. The van der Waals surface area contributed by atoms with Crippen LogP contribution in [0.1, 0.15) is 68.0 Å². The molecule has 1 aromatic rings. The monoisotopic (exact) mass is 247 g/mol. The number of hydrogen-bond donors (Lipinski definition) is 1. The van der Waals surface area contributed by atoms with Crippen LogP contribution in [0.5, 0.6) is 0 Å². The van der Waals surface area contributed by atoms with Crippen molar-refractivity contribution >= 4 is 0 Å². The number of hydrogen-bond acceptors (Lipinski definition) is 1. The van der Waals surface area contributed by atoms with Gasteiger partial charge in [0, 0.05) is 6.04 Å². The lowest BCUT2D eigenvalue weighted by Crippen LogP contribution is -2.14. The summed E-state index contributed by atoms with van der Waals surface area (Å²) in [6.45, 7) is 1.07. The molecule has 2 fully saturated rings. The summed E-state index contributed by atoms with van der Waals surface area (Å²) in [5.74, 6) is 0.484. The molecule has 2 heteroatoms. The number of nitrogens with one attached hydrogen (secondary N) is 1. The highest BCUT2D eigenvalue weighted by Gasteiger charge is 2.21. The molecule has 3 rings (SSSR count). The minimum absolute atomic E-state index is 0.0214.